The zero-order valence-corrected chi connectivity index (χ0v) is 11.6. The number of hydrogen-bond donors (Lipinski definition) is 1. The van der Waals surface area contributed by atoms with Gasteiger partial charge in [-0.3, -0.25) is 4.79 Å². The Hall–Kier alpha value is -2.29. The molecule has 0 amide bonds. The third kappa shape index (κ3) is 3.60. The monoisotopic (exact) mass is 269 g/mol. The van der Waals surface area contributed by atoms with Crippen LogP contribution in [0.25, 0.3) is 0 Å². The fourth-order valence-corrected chi connectivity index (χ4v) is 1.95. The molecular formula is C17H19NO2. The van der Waals surface area contributed by atoms with Gasteiger partial charge in [0.1, 0.15) is 5.75 Å². The van der Waals surface area contributed by atoms with Gasteiger partial charge in [-0.25, -0.2) is 0 Å². The number of Topliss-reactive ketones (excluding diaryl/α,β-unsaturated/α-hetero) is 1. The first-order valence-electron chi connectivity index (χ1n) is 6.80. The van der Waals surface area contributed by atoms with Crippen molar-refractivity contribution in [3.63, 3.8) is 0 Å². The van der Waals surface area contributed by atoms with Gasteiger partial charge in [0.25, 0.3) is 0 Å². The Morgan fingerprint density at radius 2 is 1.80 bits per heavy atom. The molecule has 0 aliphatic rings. The molecule has 0 spiro atoms. The number of para-hydroxylation sites is 1. The Kier molecular flexibility index (Phi) is 4.77. The summed E-state index contributed by atoms with van der Waals surface area (Å²) in [6.45, 7) is 2.66. The maximum atomic E-state index is 12.4. The fraction of sp³-hybridized carbons (Fsp3) is 0.235. The van der Waals surface area contributed by atoms with E-state index < -0.39 is 0 Å². The molecule has 2 N–H and O–H groups in total. The van der Waals surface area contributed by atoms with E-state index >= 15 is 0 Å². The van der Waals surface area contributed by atoms with Crippen LogP contribution in [-0.2, 0) is 6.42 Å². The molecule has 0 aliphatic carbocycles. The highest BCUT2D eigenvalue weighted by atomic mass is 16.5. The van der Waals surface area contributed by atoms with E-state index in [0.717, 1.165) is 12.0 Å². The highest BCUT2D eigenvalue weighted by Crippen LogP contribution is 2.20. The second kappa shape index (κ2) is 6.75. The van der Waals surface area contributed by atoms with Crippen LogP contribution in [0, 0.1) is 0 Å². The van der Waals surface area contributed by atoms with E-state index in [9.17, 15) is 4.79 Å². The molecule has 104 valence electrons. The summed E-state index contributed by atoms with van der Waals surface area (Å²) in [4.78, 5) is 12.4. The lowest BCUT2D eigenvalue weighted by Gasteiger charge is -2.10. The van der Waals surface area contributed by atoms with Crippen LogP contribution < -0.4 is 10.5 Å². The zero-order valence-electron chi connectivity index (χ0n) is 11.6. The van der Waals surface area contributed by atoms with Gasteiger partial charge < -0.3 is 10.5 Å². The van der Waals surface area contributed by atoms with Gasteiger partial charge in [-0.1, -0.05) is 31.2 Å². The van der Waals surface area contributed by atoms with Crippen molar-refractivity contribution >= 4 is 11.5 Å². The summed E-state index contributed by atoms with van der Waals surface area (Å²) < 4.78 is 5.62. The minimum Gasteiger partial charge on any atom is -0.493 e. The first-order valence-corrected chi connectivity index (χ1v) is 6.80. The summed E-state index contributed by atoms with van der Waals surface area (Å²) in [5.74, 6) is 0.719. The van der Waals surface area contributed by atoms with Gasteiger partial charge in [-0.2, -0.15) is 0 Å². The second-order valence-corrected chi connectivity index (χ2v) is 4.69. The number of benzene rings is 2. The van der Waals surface area contributed by atoms with Gasteiger partial charge in [0.05, 0.1) is 12.2 Å². The fourth-order valence-electron chi connectivity index (χ4n) is 1.95. The number of ketones is 1. The Bertz CT molecular complexity index is 576. The van der Waals surface area contributed by atoms with Crippen LogP contribution in [0.2, 0.25) is 0 Å². The average Bonchev–Trinajstić information content (AvgIpc) is 2.47. The molecule has 3 nitrogen and oxygen atoms in total. The third-order valence-corrected chi connectivity index (χ3v) is 2.99. The Morgan fingerprint density at radius 1 is 1.10 bits per heavy atom. The molecule has 0 aliphatic heterocycles. The highest BCUT2D eigenvalue weighted by molar-refractivity contribution is 5.99. The molecule has 0 heterocycles. The third-order valence-electron chi connectivity index (χ3n) is 2.99. The van der Waals surface area contributed by atoms with E-state index in [1.54, 1.807) is 0 Å². The largest absolute Gasteiger partial charge is 0.493 e. The van der Waals surface area contributed by atoms with Gasteiger partial charge in [0.2, 0.25) is 0 Å². The summed E-state index contributed by atoms with van der Waals surface area (Å²) in [5.41, 5.74) is 7.93. The molecule has 0 atom stereocenters. The number of anilines is 1. The van der Waals surface area contributed by atoms with E-state index in [2.05, 4.69) is 0 Å². The lowest BCUT2D eigenvalue weighted by atomic mass is 10.0. The summed E-state index contributed by atoms with van der Waals surface area (Å²) in [6, 6.07) is 14.8. The van der Waals surface area contributed by atoms with Crippen LogP contribution in [0.5, 0.6) is 5.75 Å². The Balaban J connectivity index is 2.14. The van der Waals surface area contributed by atoms with Gasteiger partial charge in [-0.15, -0.1) is 0 Å². The molecule has 0 fully saturated rings. The highest BCUT2D eigenvalue weighted by Gasteiger charge is 2.12. The predicted octanol–water partition coefficient (Wildman–Crippen LogP) is 3.48. The maximum Gasteiger partial charge on any atom is 0.170 e. The van der Waals surface area contributed by atoms with Gasteiger partial charge in [-0.05, 0) is 36.2 Å². The minimum absolute atomic E-state index is 0.0569. The summed E-state index contributed by atoms with van der Waals surface area (Å²) in [7, 11) is 0. The van der Waals surface area contributed by atoms with Crippen LogP contribution in [0.3, 0.4) is 0 Å². The van der Waals surface area contributed by atoms with Gasteiger partial charge in [0.15, 0.2) is 5.78 Å². The molecule has 0 unspecified atom stereocenters. The molecule has 0 saturated carbocycles. The van der Waals surface area contributed by atoms with Crippen molar-refractivity contribution in [1.29, 1.82) is 0 Å². The lowest BCUT2D eigenvalue weighted by molar-refractivity contribution is 0.0989. The smallest absolute Gasteiger partial charge is 0.170 e. The van der Waals surface area contributed by atoms with Crippen LogP contribution in [0.1, 0.15) is 29.3 Å². The lowest BCUT2D eigenvalue weighted by Crippen LogP contribution is -2.07. The van der Waals surface area contributed by atoms with Crippen LogP contribution in [0.4, 0.5) is 5.69 Å². The average molecular weight is 269 g/mol. The maximum absolute atomic E-state index is 12.4. The SMILES string of the molecule is CCCOc1ccccc1C(=O)Cc1ccc(N)cc1. The number of carbonyl (C=O) groups is 1. The molecule has 2 aromatic rings. The Labute approximate surface area is 119 Å². The van der Waals surface area contributed by atoms with Gasteiger partial charge in [0, 0.05) is 12.1 Å². The van der Waals surface area contributed by atoms with E-state index in [1.807, 2.05) is 55.5 Å². The molecule has 2 rings (SSSR count). The standard InChI is InChI=1S/C17H19NO2/c1-2-11-20-17-6-4-3-5-15(17)16(19)12-13-7-9-14(18)10-8-13/h3-10H,2,11-12,18H2,1H3. The molecule has 0 radical (unpaired) electrons. The van der Waals surface area contributed by atoms with Crippen LogP contribution in [-0.4, -0.2) is 12.4 Å². The summed E-state index contributed by atoms with van der Waals surface area (Å²) in [6.07, 6.45) is 1.27. The molecule has 3 heteroatoms. The van der Waals surface area contributed by atoms with Crippen molar-refractivity contribution in [3.05, 3.63) is 59.7 Å². The molecule has 0 aromatic heterocycles. The molecule has 2 aromatic carbocycles. The van der Waals surface area contributed by atoms with E-state index in [1.165, 1.54) is 0 Å². The first-order chi connectivity index (χ1) is 9.70. The zero-order chi connectivity index (χ0) is 14.4. The van der Waals surface area contributed by atoms with Crippen molar-refractivity contribution < 1.29 is 9.53 Å². The van der Waals surface area contributed by atoms with Crippen molar-refractivity contribution in [2.45, 2.75) is 19.8 Å². The molecular weight excluding hydrogens is 250 g/mol. The predicted molar refractivity (Wildman–Crippen MR) is 81.1 cm³/mol. The second-order valence-electron chi connectivity index (χ2n) is 4.69. The topological polar surface area (TPSA) is 52.3 Å². The van der Waals surface area contributed by atoms with Crippen LogP contribution >= 0.6 is 0 Å². The van der Waals surface area contributed by atoms with Crippen molar-refractivity contribution in [2.24, 2.45) is 0 Å². The number of rotatable bonds is 6. The number of nitrogens with two attached hydrogens (primary N) is 1. The van der Waals surface area contributed by atoms with Crippen molar-refractivity contribution in [1.82, 2.24) is 0 Å². The minimum atomic E-state index is 0.0569. The number of hydrogen-bond acceptors (Lipinski definition) is 3. The number of nitrogen functional groups attached to an aromatic ring is 1. The molecule has 0 saturated heterocycles. The van der Waals surface area contributed by atoms with Crippen molar-refractivity contribution in [3.8, 4) is 5.75 Å². The number of carbonyl (C=O) groups excluding carboxylic acids is 1. The van der Waals surface area contributed by atoms with Crippen LogP contribution in [0.15, 0.2) is 48.5 Å². The summed E-state index contributed by atoms with van der Waals surface area (Å²) in [5, 5.41) is 0. The quantitative estimate of drug-likeness (QED) is 0.645. The summed E-state index contributed by atoms with van der Waals surface area (Å²) >= 11 is 0. The number of ether oxygens (including phenoxy) is 1. The van der Waals surface area contributed by atoms with Crippen molar-refractivity contribution in [2.75, 3.05) is 12.3 Å². The molecule has 20 heavy (non-hydrogen) atoms. The Morgan fingerprint density at radius 3 is 2.50 bits per heavy atom. The van der Waals surface area contributed by atoms with E-state index in [-0.39, 0.29) is 5.78 Å². The normalized spacial score (nSPS) is 10.2. The first kappa shape index (κ1) is 14.1. The molecule has 0 bridgehead atoms. The van der Waals surface area contributed by atoms with E-state index in [0.29, 0.717) is 30.0 Å². The van der Waals surface area contributed by atoms with Gasteiger partial charge >= 0.3 is 0 Å². The van der Waals surface area contributed by atoms with E-state index in [4.69, 9.17) is 10.5 Å².